The van der Waals surface area contributed by atoms with Gasteiger partial charge in [-0.3, -0.25) is 0 Å². The monoisotopic (exact) mass is 262 g/mol. The number of benzene rings is 1. The number of anilines is 1. The van der Waals surface area contributed by atoms with E-state index in [1.165, 1.54) is 37.2 Å². The maximum atomic E-state index is 5.44. The molecule has 0 aromatic heterocycles. The van der Waals surface area contributed by atoms with E-state index in [2.05, 4.69) is 41.4 Å². The zero-order valence-electron chi connectivity index (χ0n) is 12.2. The van der Waals surface area contributed by atoms with Crippen molar-refractivity contribution in [2.24, 2.45) is 0 Å². The molecule has 1 saturated heterocycles. The molecule has 19 heavy (non-hydrogen) atoms. The van der Waals surface area contributed by atoms with Gasteiger partial charge in [0.1, 0.15) is 0 Å². The lowest BCUT2D eigenvalue weighted by molar-refractivity contribution is 0.127. The maximum absolute atomic E-state index is 5.44. The SMILES string of the molecule is CCOCC(C)NCc1ccccc1N1CCCC1. The van der Waals surface area contributed by atoms with E-state index in [0.717, 1.165) is 19.8 Å². The second-order valence-electron chi connectivity index (χ2n) is 5.26. The van der Waals surface area contributed by atoms with E-state index in [4.69, 9.17) is 4.74 Å². The molecular formula is C16H26N2O. The van der Waals surface area contributed by atoms with Crippen LogP contribution in [0.15, 0.2) is 24.3 Å². The average molecular weight is 262 g/mol. The molecule has 0 saturated carbocycles. The molecule has 1 aliphatic heterocycles. The van der Waals surface area contributed by atoms with Gasteiger partial charge in [-0.2, -0.15) is 0 Å². The molecule has 1 aromatic rings. The summed E-state index contributed by atoms with van der Waals surface area (Å²) in [6, 6.07) is 9.14. The summed E-state index contributed by atoms with van der Waals surface area (Å²) >= 11 is 0. The van der Waals surface area contributed by atoms with E-state index in [-0.39, 0.29) is 0 Å². The van der Waals surface area contributed by atoms with Crippen molar-refractivity contribution in [3.05, 3.63) is 29.8 Å². The highest BCUT2D eigenvalue weighted by molar-refractivity contribution is 5.54. The fourth-order valence-electron chi connectivity index (χ4n) is 2.56. The standard InChI is InChI=1S/C16H26N2O/c1-3-19-13-14(2)17-12-15-8-4-5-9-16(15)18-10-6-7-11-18/h4-5,8-9,14,17H,3,6-7,10-13H2,1-2H3. The predicted molar refractivity (Wildman–Crippen MR) is 80.7 cm³/mol. The fraction of sp³-hybridized carbons (Fsp3) is 0.625. The van der Waals surface area contributed by atoms with Gasteiger partial charge in [0.15, 0.2) is 0 Å². The molecule has 3 nitrogen and oxygen atoms in total. The summed E-state index contributed by atoms with van der Waals surface area (Å²) in [7, 11) is 0. The van der Waals surface area contributed by atoms with E-state index in [1.807, 2.05) is 6.92 Å². The van der Waals surface area contributed by atoms with Crippen molar-refractivity contribution in [1.82, 2.24) is 5.32 Å². The minimum atomic E-state index is 0.395. The topological polar surface area (TPSA) is 24.5 Å². The van der Waals surface area contributed by atoms with E-state index in [0.29, 0.717) is 6.04 Å². The number of nitrogens with zero attached hydrogens (tertiary/aromatic N) is 1. The van der Waals surface area contributed by atoms with Crippen molar-refractivity contribution >= 4 is 5.69 Å². The number of nitrogens with one attached hydrogen (secondary N) is 1. The van der Waals surface area contributed by atoms with Gasteiger partial charge in [-0.1, -0.05) is 18.2 Å². The van der Waals surface area contributed by atoms with Gasteiger partial charge in [0.05, 0.1) is 6.61 Å². The number of rotatable bonds is 7. The highest BCUT2D eigenvalue weighted by Gasteiger charge is 2.15. The quantitative estimate of drug-likeness (QED) is 0.818. The highest BCUT2D eigenvalue weighted by atomic mass is 16.5. The van der Waals surface area contributed by atoms with Crippen LogP contribution >= 0.6 is 0 Å². The van der Waals surface area contributed by atoms with Gasteiger partial charge in [-0.25, -0.2) is 0 Å². The Kier molecular flexibility index (Phi) is 5.67. The highest BCUT2D eigenvalue weighted by Crippen LogP contribution is 2.24. The van der Waals surface area contributed by atoms with Gasteiger partial charge in [0.2, 0.25) is 0 Å². The molecule has 3 heteroatoms. The Balaban J connectivity index is 1.92. The Hall–Kier alpha value is -1.06. The van der Waals surface area contributed by atoms with Crippen LogP contribution in [0, 0.1) is 0 Å². The van der Waals surface area contributed by atoms with Gasteiger partial charge >= 0.3 is 0 Å². The van der Waals surface area contributed by atoms with Crippen molar-refractivity contribution in [3.63, 3.8) is 0 Å². The third kappa shape index (κ3) is 4.22. The number of hydrogen-bond acceptors (Lipinski definition) is 3. The van der Waals surface area contributed by atoms with Crippen LogP contribution in [0.1, 0.15) is 32.3 Å². The average Bonchev–Trinajstić information content (AvgIpc) is 2.97. The Morgan fingerprint density at radius 3 is 2.74 bits per heavy atom. The first-order valence-electron chi connectivity index (χ1n) is 7.45. The molecule has 1 atom stereocenters. The first-order valence-corrected chi connectivity index (χ1v) is 7.45. The Bertz CT molecular complexity index is 375. The summed E-state index contributed by atoms with van der Waals surface area (Å²) in [5.41, 5.74) is 2.80. The van der Waals surface area contributed by atoms with Crippen LogP contribution in [-0.4, -0.2) is 32.3 Å². The van der Waals surface area contributed by atoms with Crippen molar-refractivity contribution in [2.75, 3.05) is 31.2 Å². The molecular weight excluding hydrogens is 236 g/mol. The molecule has 1 aliphatic rings. The van der Waals surface area contributed by atoms with Crippen LogP contribution in [0.25, 0.3) is 0 Å². The molecule has 0 radical (unpaired) electrons. The molecule has 106 valence electrons. The zero-order chi connectivity index (χ0) is 13.5. The van der Waals surface area contributed by atoms with Crippen LogP contribution in [-0.2, 0) is 11.3 Å². The molecule has 0 spiro atoms. The van der Waals surface area contributed by atoms with Crippen LogP contribution in [0.3, 0.4) is 0 Å². The van der Waals surface area contributed by atoms with Crippen LogP contribution in [0.5, 0.6) is 0 Å². The molecule has 0 amide bonds. The van der Waals surface area contributed by atoms with Gasteiger partial charge in [-0.15, -0.1) is 0 Å². The number of hydrogen-bond donors (Lipinski definition) is 1. The largest absolute Gasteiger partial charge is 0.380 e. The summed E-state index contributed by atoms with van der Waals surface area (Å²) in [4.78, 5) is 2.50. The van der Waals surface area contributed by atoms with Gasteiger partial charge in [0, 0.05) is 38.0 Å². The summed E-state index contributed by atoms with van der Waals surface area (Å²) in [6.07, 6.45) is 2.64. The van der Waals surface area contributed by atoms with Crippen LogP contribution < -0.4 is 10.2 Å². The van der Waals surface area contributed by atoms with Gasteiger partial charge in [0.25, 0.3) is 0 Å². The lowest BCUT2D eigenvalue weighted by Gasteiger charge is -2.22. The smallest absolute Gasteiger partial charge is 0.0616 e. The van der Waals surface area contributed by atoms with E-state index in [1.54, 1.807) is 0 Å². The van der Waals surface area contributed by atoms with Crippen molar-refractivity contribution < 1.29 is 4.74 Å². The number of para-hydroxylation sites is 1. The van der Waals surface area contributed by atoms with Crippen molar-refractivity contribution in [3.8, 4) is 0 Å². The number of ether oxygens (including phenoxy) is 1. The second-order valence-corrected chi connectivity index (χ2v) is 5.26. The third-order valence-electron chi connectivity index (χ3n) is 3.65. The summed E-state index contributed by atoms with van der Waals surface area (Å²) in [5.74, 6) is 0. The molecule has 1 N–H and O–H groups in total. The second kappa shape index (κ2) is 7.51. The third-order valence-corrected chi connectivity index (χ3v) is 3.65. The van der Waals surface area contributed by atoms with Crippen molar-refractivity contribution in [1.29, 1.82) is 0 Å². The minimum absolute atomic E-state index is 0.395. The first-order chi connectivity index (χ1) is 9.31. The Labute approximate surface area is 116 Å². The van der Waals surface area contributed by atoms with E-state index < -0.39 is 0 Å². The molecule has 1 aromatic carbocycles. The van der Waals surface area contributed by atoms with Gasteiger partial charge < -0.3 is 15.0 Å². The van der Waals surface area contributed by atoms with Crippen molar-refractivity contribution in [2.45, 2.75) is 39.3 Å². The molecule has 1 heterocycles. The van der Waals surface area contributed by atoms with Crippen LogP contribution in [0.4, 0.5) is 5.69 Å². The molecule has 1 fully saturated rings. The first kappa shape index (κ1) is 14.4. The molecule has 2 rings (SSSR count). The lowest BCUT2D eigenvalue weighted by Crippen LogP contribution is -2.31. The van der Waals surface area contributed by atoms with E-state index >= 15 is 0 Å². The molecule has 0 bridgehead atoms. The molecule has 0 aliphatic carbocycles. The fourth-order valence-corrected chi connectivity index (χ4v) is 2.56. The maximum Gasteiger partial charge on any atom is 0.0616 e. The van der Waals surface area contributed by atoms with Gasteiger partial charge in [-0.05, 0) is 38.3 Å². The Morgan fingerprint density at radius 1 is 1.26 bits per heavy atom. The zero-order valence-corrected chi connectivity index (χ0v) is 12.2. The lowest BCUT2D eigenvalue weighted by atomic mass is 10.1. The summed E-state index contributed by atoms with van der Waals surface area (Å²) < 4.78 is 5.44. The normalized spacial score (nSPS) is 16.8. The Morgan fingerprint density at radius 2 is 2.00 bits per heavy atom. The van der Waals surface area contributed by atoms with Crippen LogP contribution in [0.2, 0.25) is 0 Å². The molecule has 1 unspecified atom stereocenters. The minimum Gasteiger partial charge on any atom is -0.380 e. The predicted octanol–water partition coefficient (Wildman–Crippen LogP) is 2.80. The van der Waals surface area contributed by atoms with E-state index in [9.17, 15) is 0 Å². The summed E-state index contributed by atoms with van der Waals surface area (Å²) in [6.45, 7) is 9.10. The summed E-state index contributed by atoms with van der Waals surface area (Å²) in [5, 5.41) is 3.55.